The second kappa shape index (κ2) is 5.55. The van der Waals surface area contributed by atoms with E-state index in [2.05, 4.69) is 9.82 Å². The lowest BCUT2D eigenvalue weighted by molar-refractivity contribution is 0.498. The van der Waals surface area contributed by atoms with Crippen molar-refractivity contribution < 1.29 is 8.42 Å². The van der Waals surface area contributed by atoms with Gasteiger partial charge in [-0.15, -0.1) is 0 Å². The Hall–Kier alpha value is -2.17. The lowest BCUT2D eigenvalue weighted by atomic mass is 9.94. The Balaban J connectivity index is 1.91. The van der Waals surface area contributed by atoms with E-state index in [0.717, 1.165) is 30.5 Å². The molecule has 0 fully saturated rings. The summed E-state index contributed by atoms with van der Waals surface area (Å²) in [5.74, 6) is 0. The van der Waals surface area contributed by atoms with Gasteiger partial charge in [-0.3, -0.25) is 4.68 Å². The third kappa shape index (κ3) is 2.63. The molecule has 6 nitrogen and oxygen atoms in total. The van der Waals surface area contributed by atoms with Crippen LogP contribution in [0.2, 0.25) is 0 Å². The summed E-state index contributed by atoms with van der Waals surface area (Å²) in [7, 11) is -1.80. The Labute approximate surface area is 129 Å². The maximum Gasteiger partial charge on any atom is 0.241 e. The Bertz CT molecular complexity index is 849. The number of hydrogen-bond donors (Lipinski definition) is 1. The lowest BCUT2D eigenvalue weighted by Crippen LogP contribution is -2.31. The predicted octanol–water partition coefficient (Wildman–Crippen LogP) is 1.65. The molecular weight excluding hydrogens is 300 g/mol. The SMILES string of the molecule is Cn1ncc2c1CCC[C@H]2NS(=O)(=O)c1cccc(C#N)c1. The molecule has 0 unspecified atom stereocenters. The fourth-order valence-electron chi connectivity index (χ4n) is 2.82. The minimum Gasteiger partial charge on any atom is -0.272 e. The predicted molar refractivity (Wildman–Crippen MR) is 80.4 cm³/mol. The zero-order valence-electron chi connectivity index (χ0n) is 12.2. The van der Waals surface area contributed by atoms with Crippen LogP contribution in [0.1, 0.15) is 35.7 Å². The van der Waals surface area contributed by atoms with Gasteiger partial charge in [0.1, 0.15) is 0 Å². The van der Waals surface area contributed by atoms with Crippen molar-refractivity contribution in [3.63, 3.8) is 0 Å². The van der Waals surface area contributed by atoms with E-state index in [1.54, 1.807) is 23.0 Å². The number of hydrogen-bond acceptors (Lipinski definition) is 4. The normalized spacial score (nSPS) is 17.7. The van der Waals surface area contributed by atoms with Crippen LogP contribution >= 0.6 is 0 Å². The van der Waals surface area contributed by atoms with Crippen LogP contribution in [0.5, 0.6) is 0 Å². The molecule has 1 atom stereocenters. The topological polar surface area (TPSA) is 87.8 Å². The van der Waals surface area contributed by atoms with Crippen LogP contribution in [0.4, 0.5) is 0 Å². The number of fused-ring (bicyclic) bond motifs is 1. The van der Waals surface area contributed by atoms with Crippen LogP contribution in [0.15, 0.2) is 35.4 Å². The fourth-order valence-corrected chi connectivity index (χ4v) is 4.11. The van der Waals surface area contributed by atoms with Crippen molar-refractivity contribution in [1.29, 1.82) is 5.26 Å². The smallest absolute Gasteiger partial charge is 0.241 e. The second-order valence-corrected chi connectivity index (χ2v) is 7.09. The standard InChI is InChI=1S/C15H16N4O2S/c1-19-15-7-3-6-14(13(15)10-17-19)18-22(20,21)12-5-2-4-11(8-12)9-16/h2,4-5,8,10,14,18H,3,6-7H2,1H3/t14-/m1/s1. The monoisotopic (exact) mass is 316 g/mol. The van der Waals surface area contributed by atoms with Crippen LogP contribution in [-0.4, -0.2) is 18.2 Å². The van der Waals surface area contributed by atoms with Crippen molar-refractivity contribution in [2.75, 3.05) is 0 Å². The molecule has 114 valence electrons. The molecule has 1 heterocycles. The number of aryl methyl sites for hydroxylation is 1. The molecule has 3 rings (SSSR count). The molecule has 1 aromatic carbocycles. The third-order valence-corrected chi connectivity index (χ3v) is 5.42. The Morgan fingerprint density at radius 1 is 1.45 bits per heavy atom. The summed E-state index contributed by atoms with van der Waals surface area (Å²) >= 11 is 0. The van der Waals surface area contributed by atoms with Crippen LogP contribution in [0, 0.1) is 11.3 Å². The molecule has 0 saturated heterocycles. The number of rotatable bonds is 3. The van der Waals surface area contributed by atoms with Gasteiger partial charge in [-0.1, -0.05) is 6.07 Å². The summed E-state index contributed by atoms with van der Waals surface area (Å²) in [6.07, 6.45) is 4.30. The van der Waals surface area contributed by atoms with E-state index in [1.807, 2.05) is 13.1 Å². The van der Waals surface area contributed by atoms with Crippen molar-refractivity contribution in [2.24, 2.45) is 7.05 Å². The van der Waals surface area contributed by atoms with Gasteiger partial charge in [0.2, 0.25) is 10.0 Å². The number of nitrogens with zero attached hydrogens (tertiary/aromatic N) is 3. The van der Waals surface area contributed by atoms with Crippen molar-refractivity contribution >= 4 is 10.0 Å². The van der Waals surface area contributed by atoms with Crippen molar-refractivity contribution in [3.8, 4) is 6.07 Å². The molecule has 0 saturated carbocycles. The molecule has 1 aliphatic rings. The average Bonchev–Trinajstić information content (AvgIpc) is 2.90. The summed E-state index contributed by atoms with van der Waals surface area (Å²) in [5.41, 5.74) is 2.34. The quantitative estimate of drug-likeness (QED) is 0.932. The van der Waals surface area contributed by atoms with E-state index in [4.69, 9.17) is 5.26 Å². The number of nitriles is 1. The fraction of sp³-hybridized carbons (Fsp3) is 0.333. The summed E-state index contributed by atoms with van der Waals surface area (Å²) < 4.78 is 29.6. The molecule has 1 aliphatic carbocycles. The first-order valence-corrected chi connectivity index (χ1v) is 8.53. The lowest BCUT2D eigenvalue weighted by Gasteiger charge is -2.23. The highest BCUT2D eigenvalue weighted by Gasteiger charge is 2.28. The number of benzene rings is 1. The van der Waals surface area contributed by atoms with Gasteiger partial charge in [0.05, 0.1) is 28.8 Å². The van der Waals surface area contributed by atoms with E-state index in [9.17, 15) is 8.42 Å². The summed E-state index contributed by atoms with van der Waals surface area (Å²) in [6.45, 7) is 0. The molecule has 1 aromatic heterocycles. The molecule has 0 amide bonds. The van der Waals surface area contributed by atoms with E-state index in [0.29, 0.717) is 5.56 Å². The first-order valence-electron chi connectivity index (χ1n) is 7.04. The molecule has 0 spiro atoms. The largest absolute Gasteiger partial charge is 0.272 e. The molecule has 7 heteroatoms. The number of aromatic nitrogens is 2. The first kappa shape index (κ1) is 14.8. The Kier molecular flexibility index (Phi) is 3.72. The third-order valence-electron chi connectivity index (χ3n) is 3.95. The van der Waals surface area contributed by atoms with E-state index >= 15 is 0 Å². The molecule has 0 radical (unpaired) electrons. The summed E-state index contributed by atoms with van der Waals surface area (Å²) in [4.78, 5) is 0.113. The number of sulfonamides is 1. The molecular formula is C15H16N4O2S. The van der Waals surface area contributed by atoms with E-state index < -0.39 is 10.0 Å². The van der Waals surface area contributed by atoms with Crippen molar-refractivity contribution in [1.82, 2.24) is 14.5 Å². The Morgan fingerprint density at radius 3 is 3.05 bits per heavy atom. The van der Waals surface area contributed by atoms with Gasteiger partial charge in [0.15, 0.2) is 0 Å². The molecule has 22 heavy (non-hydrogen) atoms. The summed E-state index contributed by atoms with van der Waals surface area (Å²) in [6, 6.07) is 7.72. The van der Waals surface area contributed by atoms with Crippen molar-refractivity contribution in [3.05, 3.63) is 47.3 Å². The second-order valence-electron chi connectivity index (χ2n) is 5.38. The number of nitrogens with one attached hydrogen (secondary N) is 1. The van der Waals surface area contributed by atoms with Crippen LogP contribution in [0.3, 0.4) is 0 Å². The van der Waals surface area contributed by atoms with Gasteiger partial charge in [0.25, 0.3) is 0 Å². The van der Waals surface area contributed by atoms with Crippen LogP contribution < -0.4 is 4.72 Å². The first-order chi connectivity index (χ1) is 10.5. The van der Waals surface area contributed by atoms with Crippen LogP contribution in [0.25, 0.3) is 0 Å². The van der Waals surface area contributed by atoms with Gasteiger partial charge in [-0.25, -0.2) is 13.1 Å². The van der Waals surface area contributed by atoms with E-state index in [1.165, 1.54) is 12.1 Å². The highest BCUT2D eigenvalue weighted by molar-refractivity contribution is 7.89. The zero-order valence-corrected chi connectivity index (χ0v) is 13.0. The molecule has 0 aliphatic heterocycles. The van der Waals surface area contributed by atoms with Gasteiger partial charge in [-0.2, -0.15) is 10.4 Å². The molecule has 2 aromatic rings. The van der Waals surface area contributed by atoms with Gasteiger partial charge < -0.3 is 0 Å². The van der Waals surface area contributed by atoms with Crippen molar-refractivity contribution in [2.45, 2.75) is 30.2 Å². The minimum atomic E-state index is -3.66. The highest BCUT2D eigenvalue weighted by Crippen LogP contribution is 2.30. The van der Waals surface area contributed by atoms with Gasteiger partial charge in [-0.05, 0) is 37.5 Å². The van der Waals surface area contributed by atoms with Crippen LogP contribution in [-0.2, 0) is 23.5 Å². The zero-order chi connectivity index (χ0) is 15.7. The van der Waals surface area contributed by atoms with Gasteiger partial charge >= 0.3 is 0 Å². The Morgan fingerprint density at radius 2 is 2.27 bits per heavy atom. The van der Waals surface area contributed by atoms with E-state index in [-0.39, 0.29) is 10.9 Å². The van der Waals surface area contributed by atoms with Gasteiger partial charge in [0, 0.05) is 18.3 Å². The maximum absolute atomic E-state index is 12.5. The molecule has 1 N–H and O–H groups in total. The highest BCUT2D eigenvalue weighted by atomic mass is 32.2. The average molecular weight is 316 g/mol. The molecule has 0 bridgehead atoms. The summed E-state index contributed by atoms with van der Waals surface area (Å²) in [5, 5.41) is 13.1. The minimum absolute atomic E-state index is 0.113. The maximum atomic E-state index is 12.5.